The van der Waals surface area contributed by atoms with Gasteiger partial charge in [-0.05, 0) is 96.7 Å². The number of fused-ring (bicyclic) bond motifs is 4. The fourth-order valence-electron chi connectivity index (χ4n) is 7.01. The van der Waals surface area contributed by atoms with E-state index in [2.05, 4.69) is 16.0 Å². The van der Waals surface area contributed by atoms with Crippen LogP contribution >= 0.6 is 0 Å². The number of methoxy groups -OCH3 is 5. The number of amides is 2. The summed E-state index contributed by atoms with van der Waals surface area (Å²) in [5.41, 5.74) is 5.81. The summed E-state index contributed by atoms with van der Waals surface area (Å²) in [6.45, 7) is 2.05. The van der Waals surface area contributed by atoms with Gasteiger partial charge in [-0.1, -0.05) is 12.5 Å². The fraction of sp³-hybridized carbons (Fsp3) is 0.447. The minimum absolute atomic E-state index is 0.0257. The average Bonchev–Trinajstić information content (AvgIpc) is 3.33. The topological polar surface area (TPSA) is 133 Å². The van der Waals surface area contributed by atoms with Gasteiger partial charge < -0.3 is 39.6 Å². The van der Waals surface area contributed by atoms with Crippen LogP contribution in [0.2, 0.25) is 0 Å². The van der Waals surface area contributed by atoms with Crippen molar-refractivity contribution in [3.63, 3.8) is 0 Å². The van der Waals surface area contributed by atoms with Crippen molar-refractivity contribution in [2.45, 2.75) is 70.4 Å². The first-order chi connectivity index (χ1) is 23.7. The Morgan fingerprint density at radius 1 is 0.714 bits per heavy atom. The Kier molecular flexibility index (Phi) is 11.5. The number of unbranched alkanes of at least 4 members (excludes halogenated alkanes) is 2. The molecule has 2 amide bonds. The number of ether oxygens (including phenoxy) is 5. The highest BCUT2D eigenvalue weighted by atomic mass is 16.5. The molecule has 2 aliphatic rings. The van der Waals surface area contributed by atoms with Crippen LogP contribution in [0.4, 0.5) is 5.69 Å². The zero-order valence-corrected chi connectivity index (χ0v) is 29.2. The van der Waals surface area contributed by atoms with Gasteiger partial charge in [0.05, 0.1) is 53.3 Å². The minimum atomic E-state index is -0.372. The molecule has 0 saturated carbocycles. The Balaban J connectivity index is 1.24. The molecule has 262 valence electrons. The number of aryl methyl sites for hydroxylation is 2. The lowest BCUT2D eigenvalue weighted by molar-refractivity contribution is -0.122. The maximum Gasteiger partial charge on any atom is 0.220 e. The maximum atomic E-state index is 13.5. The van der Waals surface area contributed by atoms with Crippen LogP contribution in [0.25, 0.3) is 11.1 Å². The molecule has 11 nitrogen and oxygen atoms in total. The van der Waals surface area contributed by atoms with E-state index in [4.69, 9.17) is 23.7 Å². The van der Waals surface area contributed by atoms with Crippen molar-refractivity contribution in [2.75, 3.05) is 47.4 Å². The van der Waals surface area contributed by atoms with Crippen LogP contribution in [0, 0.1) is 0 Å². The van der Waals surface area contributed by atoms with Crippen molar-refractivity contribution in [2.24, 2.45) is 0 Å². The van der Waals surface area contributed by atoms with Crippen molar-refractivity contribution >= 4 is 17.5 Å². The number of nitrogens with one attached hydrogen (secondary N) is 3. The molecule has 0 bridgehead atoms. The van der Waals surface area contributed by atoms with Gasteiger partial charge in [0.2, 0.25) is 23.0 Å². The molecule has 3 aromatic rings. The first-order valence-electron chi connectivity index (χ1n) is 16.8. The van der Waals surface area contributed by atoms with Crippen LogP contribution in [-0.4, -0.2) is 53.9 Å². The SMILES string of the molecule is COc1cc2c(cc1OC)[C@H](NC(=O)CCCCCNc1ccc3c(cc1=O)[C@@H](NC(C)=O)CCc1cc(OC)c(OC)c(OC)c1-3)CC2. The van der Waals surface area contributed by atoms with Crippen LogP contribution in [0.1, 0.15) is 79.8 Å². The van der Waals surface area contributed by atoms with Gasteiger partial charge in [-0.3, -0.25) is 14.4 Å². The van der Waals surface area contributed by atoms with Gasteiger partial charge in [0.25, 0.3) is 0 Å². The average molecular weight is 674 g/mol. The number of rotatable bonds is 14. The molecule has 0 aromatic heterocycles. The van der Waals surface area contributed by atoms with Gasteiger partial charge in [0.15, 0.2) is 23.0 Å². The third-order valence-corrected chi connectivity index (χ3v) is 9.37. The Labute approximate surface area is 287 Å². The molecule has 5 rings (SSSR count). The highest BCUT2D eigenvalue weighted by molar-refractivity contribution is 5.84. The number of benzene rings is 2. The van der Waals surface area contributed by atoms with Crippen LogP contribution in [-0.2, 0) is 22.4 Å². The van der Waals surface area contributed by atoms with Gasteiger partial charge in [-0.2, -0.15) is 0 Å². The van der Waals surface area contributed by atoms with E-state index in [-0.39, 0.29) is 29.3 Å². The minimum Gasteiger partial charge on any atom is -0.493 e. The van der Waals surface area contributed by atoms with E-state index in [1.54, 1.807) is 47.7 Å². The summed E-state index contributed by atoms with van der Waals surface area (Å²) < 4.78 is 28.0. The Bertz CT molecular complexity index is 1760. The number of carbonyl (C=O) groups excluding carboxylic acids is 2. The fourth-order valence-corrected chi connectivity index (χ4v) is 7.01. The second kappa shape index (κ2) is 16.0. The summed E-state index contributed by atoms with van der Waals surface area (Å²) in [4.78, 5) is 38.6. The van der Waals surface area contributed by atoms with Crippen molar-refractivity contribution in [1.29, 1.82) is 0 Å². The second-order valence-corrected chi connectivity index (χ2v) is 12.4. The van der Waals surface area contributed by atoms with Crippen molar-refractivity contribution < 1.29 is 33.3 Å². The third-order valence-electron chi connectivity index (χ3n) is 9.37. The predicted octanol–water partition coefficient (Wildman–Crippen LogP) is 5.66. The molecule has 0 spiro atoms. The normalized spacial score (nSPS) is 15.9. The molecular weight excluding hydrogens is 626 g/mol. The molecule has 2 aliphatic carbocycles. The lowest BCUT2D eigenvalue weighted by atomic mass is 9.95. The summed E-state index contributed by atoms with van der Waals surface area (Å²) in [5.74, 6) is 2.73. The Morgan fingerprint density at radius 3 is 2.04 bits per heavy atom. The van der Waals surface area contributed by atoms with E-state index in [0.29, 0.717) is 65.8 Å². The van der Waals surface area contributed by atoms with Gasteiger partial charge in [0.1, 0.15) is 0 Å². The molecule has 0 aliphatic heterocycles. The van der Waals surface area contributed by atoms with Crippen LogP contribution in [0.3, 0.4) is 0 Å². The molecule has 0 saturated heterocycles. The highest BCUT2D eigenvalue weighted by Crippen LogP contribution is 2.50. The summed E-state index contributed by atoms with van der Waals surface area (Å²) in [6, 6.07) is 10.8. The van der Waals surface area contributed by atoms with Crippen LogP contribution in [0.15, 0.2) is 41.2 Å². The molecule has 0 fully saturated rings. The van der Waals surface area contributed by atoms with Crippen LogP contribution in [0.5, 0.6) is 28.7 Å². The van der Waals surface area contributed by atoms with E-state index >= 15 is 0 Å². The Morgan fingerprint density at radius 2 is 1.37 bits per heavy atom. The molecule has 49 heavy (non-hydrogen) atoms. The number of anilines is 1. The molecule has 0 radical (unpaired) electrons. The van der Waals surface area contributed by atoms with E-state index in [0.717, 1.165) is 54.4 Å². The molecule has 11 heteroatoms. The number of hydrogen-bond acceptors (Lipinski definition) is 9. The van der Waals surface area contributed by atoms with Gasteiger partial charge in [-0.25, -0.2) is 0 Å². The van der Waals surface area contributed by atoms with Crippen molar-refractivity contribution in [3.05, 3.63) is 68.9 Å². The smallest absolute Gasteiger partial charge is 0.220 e. The molecular formula is C38H47N3O8. The standard InChI is InChI=1S/C38H47N3O8/c1-22(42)40-29-15-12-24-19-34(47-4)37(48-5)38(49-6)36(24)25-13-16-30(31(43)20-27(25)29)39-17-9-7-8-10-35(44)41-28-14-11-23-18-32(45-2)33(46-3)21-26(23)28/h13,16,18-21,28-29H,7-12,14-15,17H2,1-6H3,(H,39,43)(H,40,42)(H,41,44)/t28-,29+/m1/s1. The maximum absolute atomic E-state index is 13.5. The quantitative estimate of drug-likeness (QED) is 0.186. The summed E-state index contributed by atoms with van der Waals surface area (Å²) >= 11 is 0. The molecule has 3 aromatic carbocycles. The first-order valence-corrected chi connectivity index (χ1v) is 16.8. The van der Waals surface area contributed by atoms with Gasteiger partial charge in [-0.15, -0.1) is 0 Å². The van der Waals surface area contributed by atoms with E-state index in [1.807, 2.05) is 24.3 Å². The summed E-state index contributed by atoms with van der Waals surface area (Å²) in [5, 5.41) is 9.52. The van der Waals surface area contributed by atoms with Gasteiger partial charge >= 0.3 is 0 Å². The van der Waals surface area contributed by atoms with E-state index < -0.39 is 0 Å². The molecule has 2 atom stereocenters. The van der Waals surface area contributed by atoms with Crippen molar-refractivity contribution in [1.82, 2.24) is 10.6 Å². The lowest BCUT2D eigenvalue weighted by Gasteiger charge is -2.19. The summed E-state index contributed by atoms with van der Waals surface area (Å²) in [7, 11) is 7.95. The van der Waals surface area contributed by atoms with E-state index in [9.17, 15) is 14.4 Å². The largest absolute Gasteiger partial charge is 0.493 e. The molecule has 3 N–H and O–H groups in total. The predicted molar refractivity (Wildman–Crippen MR) is 188 cm³/mol. The lowest BCUT2D eigenvalue weighted by Crippen LogP contribution is -2.26. The monoisotopic (exact) mass is 673 g/mol. The zero-order valence-electron chi connectivity index (χ0n) is 29.2. The van der Waals surface area contributed by atoms with Gasteiger partial charge in [0, 0.05) is 25.5 Å². The second-order valence-electron chi connectivity index (χ2n) is 12.4. The number of hydrogen-bond donors (Lipinski definition) is 3. The first kappa shape index (κ1) is 35.4. The number of carbonyl (C=O) groups is 2. The summed E-state index contributed by atoms with van der Waals surface area (Å²) in [6.07, 6.45) is 5.73. The molecule has 0 heterocycles. The highest BCUT2D eigenvalue weighted by Gasteiger charge is 2.30. The zero-order chi connectivity index (χ0) is 35.1. The molecule has 0 unspecified atom stereocenters. The third kappa shape index (κ3) is 7.71. The van der Waals surface area contributed by atoms with E-state index in [1.165, 1.54) is 12.5 Å². The Hall–Kier alpha value is -4.93. The van der Waals surface area contributed by atoms with Crippen molar-refractivity contribution in [3.8, 4) is 39.9 Å². The van der Waals surface area contributed by atoms with Crippen LogP contribution < -0.4 is 45.1 Å².